The lowest BCUT2D eigenvalue weighted by molar-refractivity contribution is -0.174. The molecule has 0 aromatic carbocycles. The summed E-state index contributed by atoms with van der Waals surface area (Å²) in [4.78, 5) is 27.1. The highest BCUT2D eigenvalue weighted by molar-refractivity contribution is 6.77. The Kier molecular flexibility index (Phi) is 7.94. The van der Waals surface area contributed by atoms with Crippen molar-refractivity contribution in [3.05, 3.63) is 23.3 Å². The van der Waals surface area contributed by atoms with Crippen molar-refractivity contribution in [3.63, 3.8) is 0 Å². The van der Waals surface area contributed by atoms with E-state index < -0.39 is 25.7 Å². The van der Waals surface area contributed by atoms with Crippen molar-refractivity contribution in [2.24, 2.45) is 16.7 Å². The highest BCUT2D eigenvalue weighted by Gasteiger charge is 2.70. The van der Waals surface area contributed by atoms with Crippen molar-refractivity contribution in [2.75, 3.05) is 13.2 Å². The van der Waals surface area contributed by atoms with E-state index in [0.717, 1.165) is 31.3 Å². The molecule has 1 fully saturated rings. The van der Waals surface area contributed by atoms with E-state index in [0.29, 0.717) is 16.6 Å². The molecule has 1 saturated carbocycles. The molecule has 0 aliphatic heterocycles. The molecule has 3 aliphatic carbocycles. The average molecular weight is 491 g/mol. The second kappa shape index (κ2) is 9.92. The lowest BCUT2D eigenvalue weighted by atomic mass is 9.62. The maximum atomic E-state index is 13.5. The van der Waals surface area contributed by atoms with Crippen LogP contribution in [-0.2, 0) is 23.5 Å². The normalized spacial score (nSPS) is 28.0. The lowest BCUT2D eigenvalue weighted by Gasteiger charge is -2.52. The highest BCUT2D eigenvalue weighted by Crippen LogP contribution is 2.67. The van der Waals surface area contributed by atoms with Gasteiger partial charge in [-0.25, -0.2) is 0 Å². The van der Waals surface area contributed by atoms with Crippen molar-refractivity contribution in [3.8, 4) is 0 Å². The molecule has 1 spiro atoms. The molecule has 3 atom stereocenters. The zero-order chi connectivity index (χ0) is 25.5. The Morgan fingerprint density at radius 2 is 1.53 bits per heavy atom. The van der Waals surface area contributed by atoms with E-state index in [1.807, 2.05) is 6.08 Å². The van der Waals surface area contributed by atoms with E-state index in [1.54, 1.807) is 13.8 Å². The predicted octanol–water partition coefficient (Wildman–Crippen LogP) is 6.74. The number of rotatable bonds is 9. The monoisotopic (exact) mass is 490 g/mol. The average Bonchev–Trinajstić information content (AvgIpc) is 3.29. The van der Waals surface area contributed by atoms with Crippen LogP contribution in [0.3, 0.4) is 0 Å². The molecule has 0 heterocycles. The van der Waals surface area contributed by atoms with Crippen LogP contribution in [0, 0.1) is 16.7 Å². The molecule has 0 aromatic heterocycles. The molecular weight excluding hydrogens is 444 g/mol. The third-order valence-electron chi connectivity index (χ3n) is 8.94. The number of ether oxygens (including phenoxy) is 2. The minimum atomic E-state index is -2.19. The van der Waals surface area contributed by atoms with Crippen LogP contribution in [0.5, 0.6) is 0 Å². The van der Waals surface area contributed by atoms with Crippen LogP contribution in [0.4, 0.5) is 0 Å². The predicted molar refractivity (Wildman–Crippen MR) is 138 cm³/mol. The molecule has 192 valence electrons. The fourth-order valence-corrected chi connectivity index (χ4v) is 13.4. The van der Waals surface area contributed by atoms with Crippen molar-refractivity contribution in [2.45, 2.75) is 111 Å². The smallest absolute Gasteiger partial charge is 0.327 e. The van der Waals surface area contributed by atoms with Gasteiger partial charge >= 0.3 is 11.9 Å². The molecular formula is C28H46O5Si. The van der Waals surface area contributed by atoms with E-state index in [-0.39, 0.29) is 30.7 Å². The maximum Gasteiger partial charge on any atom is 0.327 e. The van der Waals surface area contributed by atoms with Gasteiger partial charge in [0.25, 0.3) is 0 Å². The van der Waals surface area contributed by atoms with Crippen molar-refractivity contribution >= 4 is 20.3 Å². The van der Waals surface area contributed by atoms with Gasteiger partial charge in [-0.1, -0.05) is 65.7 Å². The van der Waals surface area contributed by atoms with Crippen LogP contribution >= 0.6 is 0 Å². The second-order valence-corrected chi connectivity index (χ2v) is 16.9. The third kappa shape index (κ3) is 3.84. The summed E-state index contributed by atoms with van der Waals surface area (Å²) in [5.74, 6) is -1.13. The van der Waals surface area contributed by atoms with Gasteiger partial charge in [0.2, 0.25) is 8.32 Å². The zero-order valence-electron chi connectivity index (χ0n) is 22.8. The molecule has 0 saturated heterocycles. The van der Waals surface area contributed by atoms with Gasteiger partial charge < -0.3 is 13.9 Å². The minimum absolute atomic E-state index is 0.0409. The first kappa shape index (κ1) is 27.2. The number of allylic oxidation sites excluding steroid dienone is 1. The van der Waals surface area contributed by atoms with Crippen molar-refractivity contribution in [1.29, 1.82) is 0 Å². The van der Waals surface area contributed by atoms with Crippen LogP contribution in [0.15, 0.2) is 23.3 Å². The molecule has 0 bridgehead atoms. The SMILES string of the molecule is CCOC(=O)C1(C(=O)OCC)C=C2C=C(C)C[C@@H](O[Si](C(C)C)(C(C)C)C(C)C)[C@@]23CCC[C@@H]13. The number of carbonyl (C=O) groups is 2. The number of hydrogen-bond donors (Lipinski definition) is 0. The summed E-state index contributed by atoms with van der Waals surface area (Å²) in [6, 6.07) is 0. The molecule has 0 N–H and O–H groups in total. The first-order valence-electron chi connectivity index (χ1n) is 13.4. The molecule has 0 radical (unpaired) electrons. The first-order valence-corrected chi connectivity index (χ1v) is 15.5. The van der Waals surface area contributed by atoms with Crippen LogP contribution < -0.4 is 0 Å². The summed E-state index contributed by atoms with van der Waals surface area (Å²) >= 11 is 0. The molecule has 0 unspecified atom stereocenters. The van der Waals surface area contributed by atoms with Gasteiger partial charge in [-0.05, 0) is 62.2 Å². The quantitative estimate of drug-likeness (QED) is 0.203. The van der Waals surface area contributed by atoms with E-state index >= 15 is 0 Å². The van der Waals surface area contributed by atoms with Gasteiger partial charge in [0.15, 0.2) is 5.41 Å². The molecule has 0 amide bonds. The standard InChI is InChI=1S/C28H46O5Si/c1-10-31-25(29)28(26(30)32-11-2)17-22-15-21(9)16-24(27(22)14-12-13-23(27)28)33-34(18(3)4,19(5)6)20(7)8/h15,17-20,23-24H,10-14,16H2,1-9H3/t23-,24-,27+/m1/s1. The largest absolute Gasteiger partial charge is 0.465 e. The fourth-order valence-electron chi connectivity index (χ4n) is 7.82. The molecule has 3 aliphatic rings. The van der Waals surface area contributed by atoms with Gasteiger partial charge in [-0.3, -0.25) is 9.59 Å². The summed E-state index contributed by atoms with van der Waals surface area (Å²) in [6.45, 7) is 20.1. The maximum absolute atomic E-state index is 13.5. The Bertz CT molecular complexity index is 815. The molecule has 5 nitrogen and oxygen atoms in total. The Hall–Kier alpha value is -1.40. The molecule has 6 heteroatoms. The van der Waals surface area contributed by atoms with Gasteiger partial charge in [-0.15, -0.1) is 0 Å². The summed E-state index contributed by atoms with van der Waals surface area (Å²) in [5, 5.41) is 0. The summed E-state index contributed by atoms with van der Waals surface area (Å²) in [6.07, 6.45) is 7.62. The summed E-state index contributed by atoms with van der Waals surface area (Å²) in [5.41, 5.74) is 1.98. The number of hydrogen-bond acceptors (Lipinski definition) is 5. The highest BCUT2D eigenvalue weighted by atomic mass is 28.4. The second-order valence-electron chi connectivity index (χ2n) is 11.5. The van der Waals surface area contributed by atoms with Crippen LogP contribution in [-0.4, -0.2) is 39.6 Å². The van der Waals surface area contributed by atoms with Gasteiger partial charge in [-0.2, -0.15) is 0 Å². The van der Waals surface area contributed by atoms with Crippen molar-refractivity contribution in [1.82, 2.24) is 0 Å². The minimum Gasteiger partial charge on any atom is -0.465 e. The lowest BCUT2D eigenvalue weighted by Crippen LogP contribution is -2.57. The van der Waals surface area contributed by atoms with Gasteiger partial charge in [0.1, 0.15) is 0 Å². The van der Waals surface area contributed by atoms with Crippen LogP contribution in [0.2, 0.25) is 16.6 Å². The molecule has 0 aromatic rings. The Labute approximate surface area is 207 Å². The van der Waals surface area contributed by atoms with E-state index in [9.17, 15) is 9.59 Å². The fraction of sp³-hybridized carbons (Fsp3) is 0.786. The van der Waals surface area contributed by atoms with Gasteiger partial charge in [0.05, 0.1) is 19.3 Å². The van der Waals surface area contributed by atoms with E-state index in [2.05, 4.69) is 54.5 Å². The Balaban J connectivity index is 2.19. The first-order chi connectivity index (χ1) is 15.9. The number of esters is 2. The van der Waals surface area contributed by atoms with E-state index in [1.165, 1.54) is 5.57 Å². The van der Waals surface area contributed by atoms with Crippen LogP contribution in [0.1, 0.15) is 88.0 Å². The molecule has 34 heavy (non-hydrogen) atoms. The van der Waals surface area contributed by atoms with E-state index in [4.69, 9.17) is 13.9 Å². The number of carbonyl (C=O) groups excluding carboxylic acids is 2. The summed E-state index contributed by atoms with van der Waals surface area (Å²) in [7, 11) is -2.19. The zero-order valence-corrected chi connectivity index (χ0v) is 23.8. The summed E-state index contributed by atoms with van der Waals surface area (Å²) < 4.78 is 18.6. The Morgan fingerprint density at radius 3 is 2.00 bits per heavy atom. The molecule has 3 rings (SSSR count). The van der Waals surface area contributed by atoms with Gasteiger partial charge in [0, 0.05) is 11.3 Å². The Morgan fingerprint density at radius 1 is 1.00 bits per heavy atom. The topological polar surface area (TPSA) is 61.8 Å². The van der Waals surface area contributed by atoms with Crippen molar-refractivity contribution < 1.29 is 23.5 Å². The third-order valence-corrected chi connectivity index (χ3v) is 15.0. The van der Waals surface area contributed by atoms with Crippen LogP contribution in [0.25, 0.3) is 0 Å².